The number of carbonyl (C=O) groups excluding carboxylic acids is 1. The Morgan fingerprint density at radius 1 is 1.07 bits per heavy atom. The van der Waals surface area contributed by atoms with E-state index in [9.17, 15) is 4.79 Å². The van der Waals surface area contributed by atoms with Crippen LogP contribution in [0.1, 0.15) is 15.9 Å². The van der Waals surface area contributed by atoms with Crippen LogP contribution in [-0.2, 0) is 0 Å². The molecule has 5 rings (SSSR count). The summed E-state index contributed by atoms with van der Waals surface area (Å²) in [4.78, 5) is 17.5. The van der Waals surface area contributed by atoms with E-state index in [0.29, 0.717) is 22.5 Å². The van der Waals surface area contributed by atoms with Crippen molar-refractivity contribution in [3.05, 3.63) is 72.1 Å². The number of benzene rings is 2. The van der Waals surface area contributed by atoms with Gasteiger partial charge in [-0.1, -0.05) is 0 Å². The number of hydrogen-bond donors (Lipinski definition) is 1. The minimum atomic E-state index is -0.244. The Balaban J connectivity index is 1.49. The number of imidazole rings is 1. The monoisotopic (exact) mass is 415 g/mol. The van der Waals surface area contributed by atoms with Gasteiger partial charge in [0.15, 0.2) is 0 Å². The quantitative estimate of drug-likeness (QED) is 0.465. The fourth-order valence-corrected chi connectivity index (χ4v) is 3.82. The number of nitrogens with one attached hydrogen (secondary N) is 1. The smallest absolute Gasteiger partial charge is 0.255 e. The summed E-state index contributed by atoms with van der Waals surface area (Å²) < 4.78 is 15.8. The zero-order valence-electron chi connectivity index (χ0n) is 16.3. The molecule has 1 N–H and O–H groups in total. The molecule has 0 saturated heterocycles. The Bertz CT molecular complexity index is 1410. The van der Waals surface area contributed by atoms with Crippen LogP contribution in [0.25, 0.3) is 27.9 Å². The second-order valence-corrected chi connectivity index (χ2v) is 7.46. The first kappa shape index (κ1) is 18.3. The fraction of sp³-hybridized carbons (Fsp3) is 0.0909. The van der Waals surface area contributed by atoms with Crippen LogP contribution >= 0.6 is 11.7 Å². The molecule has 0 aliphatic rings. The standard InChI is InChI=1S/C22H17N5O2S/c1-13-7-8-27-12-19(23-21(27)9-13)14-4-6-20(29-2)18(10-14)24-22(28)15-3-5-16-17(11-15)26-30-25-16/h3-12H,1-2H3,(H,24,28). The number of amides is 1. The summed E-state index contributed by atoms with van der Waals surface area (Å²) in [7, 11) is 1.57. The van der Waals surface area contributed by atoms with Crippen molar-refractivity contribution < 1.29 is 9.53 Å². The van der Waals surface area contributed by atoms with Gasteiger partial charge < -0.3 is 14.5 Å². The van der Waals surface area contributed by atoms with Gasteiger partial charge in [-0.25, -0.2) is 4.98 Å². The number of aromatic nitrogens is 4. The molecule has 5 aromatic rings. The summed E-state index contributed by atoms with van der Waals surface area (Å²) in [5.74, 6) is 0.328. The van der Waals surface area contributed by atoms with Gasteiger partial charge in [0.2, 0.25) is 0 Å². The lowest BCUT2D eigenvalue weighted by atomic mass is 10.1. The first-order chi connectivity index (χ1) is 14.6. The summed E-state index contributed by atoms with van der Waals surface area (Å²) in [6.07, 6.45) is 3.95. The summed E-state index contributed by atoms with van der Waals surface area (Å²) in [5, 5.41) is 2.94. The minimum absolute atomic E-state index is 0.244. The van der Waals surface area contributed by atoms with Gasteiger partial charge in [0.25, 0.3) is 5.91 Å². The maximum absolute atomic E-state index is 12.8. The van der Waals surface area contributed by atoms with E-state index in [-0.39, 0.29) is 5.91 Å². The Labute approximate surface area is 176 Å². The van der Waals surface area contributed by atoms with Crippen LogP contribution in [0.2, 0.25) is 0 Å². The van der Waals surface area contributed by atoms with E-state index in [1.807, 2.05) is 54.0 Å². The van der Waals surface area contributed by atoms with Crippen molar-refractivity contribution in [1.82, 2.24) is 18.1 Å². The predicted molar refractivity (Wildman–Crippen MR) is 117 cm³/mol. The maximum Gasteiger partial charge on any atom is 0.255 e. The Hall–Kier alpha value is -3.78. The van der Waals surface area contributed by atoms with Crippen LogP contribution in [0.4, 0.5) is 5.69 Å². The third kappa shape index (κ3) is 3.27. The summed E-state index contributed by atoms with van der Waals surface area (Å²) >= 11 is 1.12. The van der Waals surface area contributed by atoms with Crippen LogP contribution in [0.5, 0.6) is 5.75 Å². The van der Waals surface area contributed by atoms with Gasteiger partial charge in [-0.2, -0.15) is 8.75 Å². The lowest BCUT2D eigenvalue weighted by Gasteiger charge is -2.11. The molecular weight excluding hydrogens is 398 g/mol. The lowest BCUT2D eigenvalue weighted by Crippen LogP contribution is -2.12. The molecule has 3 aromatic heterocycles. The summed E-state index contributed by atoms with van der Waals surface area (Å²) in [5.41, 5.74) is 6.27. The molecule has 0 aliphatic carbocycles. The van der Waals surface area contributed by atoms with Crippen molar-refractivity contribution in [3.8, 4) is 17.0 Å². The number of rotatable bonds is 4. The van der Waals surface area contributed by atoms with E-state index >= 15 is 0 Å². The topological polar surface area (TPSA) is 81.4 Å². The van der Waals surface area contributed by atoms with Gasteiger partial charge in [0.05, 0.1) is 30.2 Å². The van der Waals surface area contributed by atoms with Crippen LogP contribution in [-0.4, -0.2) is 31.1 Å². The number of methoxy groups -OCH3 is 1. The molecule has 30 heavy (non-hydrogen) atoms. The number of pyridine rings is 1. The Kier molecular flexibility index (Phi) is 4.40. The van der Waals surface area contributed by atoms with Crippen molar-refractivity contribution in [2.24, 2.45) is 0 Å². The van der Waals surface area contributed by atoms with E-state index in [4.69, 9.17) is 9.72 Å². The predicted octanol–water partition coefficient (Wildman–Crippen LogP) is 4.58. The molecule has 0 fully saturated rings. The molecular formula is C22H17N5O2S. The van der Waals surface area contributed by atoms with Gasteiger partial charge in [-0.05, 0) is 61.0 Å². The van der Waals surface area contributed by atoms with E-state index in [0.717, 1.165) is 39.7 Å². The highest BCUT2D eigenvalue weighted by Gasteiger charge is 2.14. The van der Waals surface area contributed by atoms with Crippen molar-refractivity contribution in [2.75, 3.05) is 12.4 Å². The van der Waals surface area contributed by atoms with Gasteiger partial charge in [0.1, 0.15) is 22.4 Å². The molecule has 0 unspecified atom stereocenters. The number of fused-ring (bicyclic) bond motifs is 2. The van der Waals surface area contributed by atoms with Crippen molar-refractivity contribution in [1.29, 1.82) is 0 Å². The Morgan fingerprint density at radius 2 is 1.93 bits per heavy atom. The van der Waals surface area contributed by atoms with Crippen LogP contribution in [0, 0.1) is 6.92 Å². The zero-order chi connectivity index (χ0) is 20.7. The highest BCUT2D eigenvalue weighted by atomic mass is 32.1. The average Bonchev–Trinajstić information content (AvgIpc) is 3.39. The van der Waals surface area contributed by atoms with Gasteiger partial charge in [-0.15, -0.1) is 0 Å². The zero-order valence-corrected chi connectivity index (χ0v) is 17.1. The van der Waals surface area contributed by atoms with Crippen molar-refractivity contribution >= 4 is 40.0 Å². The van der Waals surface area contributed by atoms with Crippen LogP contribution in [0.3, 0.4) is 0 Å². The SMILES string of the molecule is COc1ccc(-c2cn3ccc(C)cc3n2)cc1NC(=O)c1ccc2nsnc2c1. The maximum atomic E-state index is 12.8. The molecule has 3 heterocycles. The first-order valence-corrected chi connectivity index (χ1v) is 10.0. The van der Waals surface area contributed by atoms with Crippen LogP contribution in [0.15, 0.2) is 60.9 Å². The summed E-state index contributed by atoms with van der Waals surface area (Å²) in [6.45, 7) is 2.04. The number of aryl methyl sites for hydroxylation is 1. The number of anilines is 1. The molecule has 148 valence electrons. The normalized spacial score (nSPS) is 11.1. The van der Waals surface area contributed by atoms with E-state index in [1.165, 1.54) is 0 Å². The molecule has 1 amide bonds. The average molecular weight is 415 g/mol. The third-order valence-electron chi connectivity index (χ3n) is 4.88. The number of ether oxygens (including phenoxy) is 1. The molecule has 7 nitrogen and oxygen atoms in total. The molecule has 2 aromatic carbocycles. The molecule has 0 bridgehead atoms. The summed E-state index contributed by atoms with van der Waals surface area (Å²) in [6, 6.07) is 14.9. The molecule has 0 saturated carbocycles. The number of hydrogen-bond acceptors (Lipinski definition) is 6. The molecule has 0 atom stereocenters. The van der Waals surface area contributed by atoms with Crippen molar-refractivity contribution in [2.45, 2.75) is 6.92 Å². The van der Waals surface area contributed by atoms with Gasteiger partial charge in [-0.3, -0.25) is 4.79 Å². The highest BCUT2D eigenvalue weighted by Crippen LogP contribution is 2.31. The van der Waals surface area contributed by atoms with E-state index < -0.39 is 0 Å². The number of carbonyl (C=O) groups is 1. The second kappa shape index (κ2) is 7.23. The molecule has 8 heteroatoms. The van der Waals surface area contributed by atoms with Crippen LogP contribution < -0.4 is 10.1 Å². The fourth-order valence-electron chi connectivity index (χ4n) is 3.31. The van der Waals surface area contributed by atoms with E-state index in [1.54, 1.807) is 25.3 Å². The second-order valence-electron chi connectivity index (χ2n) is 6.93. The van der Waals surface area contributed by atoms with E-state index in [2.05, 4.69) is 14.1 Å². The molecule has 0 aliphatic heterocycles. The highest BCUT2D eigenvalue weighted by molar-refractivity contribution is 7.00. The third-order valence-corrected chi connectivity index (χ3v) is 5.43. The first-order valence-electron chi connectivity index (χ1n) is 9.28. The lowest BCUT2D eigenvalue weighted by molar-refractivity contribution is 0.102. The van der Waals surface area contributed by atoms with Crippen molar-refractivity contribution in [3.63, 3.8) is 0 Å². The van der Waals surface area contributed by atoms with Gasteiger partial charge in [0, 0.05) is 23.5 Å². The largest absolute Gasteiger partial charge is 0.495 e. The minimum Gasteiger partial charge on any atom is -0.495 e. The number of nitrogens with zero attached hydrogens (tertiary/aromatic N) is 4. The molecule has 0 spiro atoms. The van der Waals surface area contributed by atoms with Gasteiger partial charge >= 0.3 is 0 Å². The Morgan fingerprint density at radius 3 is 2.80 bits per heavy atom. The molecule has 0 radical (unpaired) electrons.